The third-order valence-electron chi connectivity index (χ3n) is 5.10. The molecule has 14 heteroatoms. The molecular formula is C18H14Cl2N6O5S. The van der Waals surface area contributed by atoms with E-state index in [0.717, 1.165) is 31.3 Å². The number of nitro benzene ring substituents is 1. The quantitative estimate of drug-likeness (QED) is 0.227. The van der Waals surface area contributed by atoms with Crippen molar-refractivity contribution < 1.29 is 18.1 Å². The van der Waals surface area contributed by atoms with Crippen molar-refractivity contribution in [1.29, 1.82) is 0 Å². The Bertz CT molecular complexity index is 1390. The standard InChI is InChI=1S/C18H14Cl2N6O5S/c1-24(32(30,31)13-6-4-11(5-7-13)26(28)29)17(27)10-2-3-12(8-10)25-9-21-14-15(19)22-18(20)23-16(14)25/h2,4-7,9,12H,3,8H2,1H3/t12-/m0/s1. The highest BCUT2D eigenvalue weighted by Crippen LogP contribution is 2.34. The first kappa shape index (κ1) is 22.1. The summed E-state index contributed by atoms with van der Waals surface area (Å²) >= 11 is 11.9. The lowest BCUT2D eigenvalue weighted by Crippen LogP contribution is -2.34. The molecule has 1 amide bonds. The lowest BCUT2D eigenvalue weighted by Gasteiger charge is -2.19. The third-order valence-corrected chi connectivity index (χ3v) is 7.29. The van der Waals surface area contributed by atoms with Crippen LogP contribution in [0.5, 0.6) is 0 Å². The lowest BCUT2D eigenvalue weighted by atomic mass is 10.1. The molecule has 3 aromatic rings. The minimum absolute atomic E-state index is 0.0413. The number of benzene rings is 1. The fourth-order valence-corrected chi connectivity index (χ4v) is 4.97. The van der Waals surface area contributed by atoms with E-state index < -0.39 is 20.9 Å². The Labute approximate surface area is 191 Å². The van der Waals surface area contributed by atoms with Crippen LogP contribution in [0, 0.1) is 10.1 Å². The van der Waals surface area contributed by atoms with Crippen molar-refractivity contribution in [1.82, 2.24) is 23.8 Å². The average molecular weight is 497 g/mol. The van der Waals surface area contributed by atoms with Gasteiger partial charge in [-0.3, -0.25) is 14.9 Å². The molecule has 0 saturated heterocycles. The number of amides is 1. The van der Waals surface area contributed by atoms with Crippen LogP contribution in [-0.4, -0.2) is 50.1 Å². The Morgan fingerprint density at radius 2 is 1.94 bits per heavy atom. The first-order valence-corrected chi connectivity index (χ1v) is 11.3. The second-order valence-corrected chi connectivity index (χ2v) is 9.62. The summed E-state index contributed by atoms with van der Waals surface area (Å²) in [7, 11) is -3.04. The van der Waals surface area contributed by atoms with Gasteiger partial charge in [-0.15, -0.1) is 0 Å². The molecule has 1 atom stereocenters. The Morgan fingerprint density at radius 3 is 2.59 bits per heavy atom. The first-order valence-electron chi connectivity index (χ1n) is 9.12. The van der Waals surface area contributed by atoms with E-state index in [1.54, 1.807) is 10.6 Å². The molecule has 0 saturated carbocycles. The highest BCUT2D eigenvalue weighted by Gasteiger charge is 2.32. The molecular weight excluding hydrogens is 483 g/mol. The van der Waals surface area contributed by atoms with Crippen LogP contribution in [0.3, 0.4) is 0 Å². The Kier molecular flexibility index (Phi) is 5.61. The van der Waals surface area contributed by atoms with Gasteiger partial charge in [0.1, 0.15) is 5.52 Å². The molecule has 0 unspecified atom stereocenters. The van der Waals surface area contributed by atoms with E-state index >= 15 is 0 Å². The number of halogens is 2. The van der Waals surface area contributed by atoms with E-state index in [4.69, 9.17) is 23.2 Å². The molecule has 0 N–H and O–H groups in total. The second-order valence-electron chi connectivity index (χ2n) is 6.96. The van der Waals surface area contributed by atoms with Gasteiger partial charge in [0.2, 0.25) is 5.28 Å². The Balaban J connectivity index is 1.54. The number of fused-ring (bicyclic) bond motifs is 1. The molecule has 4 rings (SSSR count). The van der Waals surface area contributed by atoms with Gasteiger partial charge in [-0.25, -0.2) is 22.7 Å². The number of non-ortho nitro benzene ring substituents is 1. The molecule has 1 aliphatic carbocycles. The predicted molar refractivity (Wildman–Crippen MR) is 115 cm³/mol. The summed E-state index contributed by atoms with van der Waals surface area (Å²) in [5.41, 5.74) is 0.828. The summed E-state index contributed by atoms with van der Waals surface area (Å²) in [6.45, 7) is 0. The molecule has 0 aliphatic heterocycles. The summed E-state index contributed by atoms with van der Waals surface area (Å²) in [5.74, 6) is -0.694. The van der Waals surface area contributed by atoms with E-state index in [2.05, 4.69) is 15.0 Å². The Hall–Kier alpha value is -3.09. The Morgan fingerprint density at radius 1 is 1.25 bits per heavy atom. The van der Waals surface area contributed by atoms with Gasteiger partial charge in [-0.2, -0.15) is 4.98 Å². The number of carbonyl (C=O) groups excluding carboxylic acids is 1. The maximum absolute atomic E-state index is 12.9. The number of carbonyl (C=O) groups is 1. The number of likely N-dealkylation sites (N-methyl/N-ethyl adjacent to an activating group) is 1. The number of rotatable bonds is 5. The van der Waals surface area contributed by atoms with Crippen molar-refractivity contribution in [3.05, 3.63) is 62.8 Å². The van der Waals surface area contributed by atoms with E-state index in [-0.39, 0.29) is 33.5 Å². The minimum Gasteiger partial charge on any atom is -0.311 e. The van der Waals surface area contributed by atoms with Gasteiger partial charge < -0.3 is 4.57 Å². The van der Waals surface area contributed by atoms with Gasteiger partial charge in [-0.1, -0.05) is 17.7 Å². The molecule has 166 valence electrons. The van der Waals surface area contributed by atoms with Crippen LogP contribution in [0.4, 0.5) is 5.69 Å². The highest BCUT2D eigenvalue weighted by molar-refractivity contribution is 7.89. The van der Waals surface area contributed by atoms with Crippen molar-refractivity contribution in [2.24, 2.45) is 0 Å². The summed E-state index contributed by atoms with van der Waals surface area (Å²) in [4.78, 5) is 35.0. The van der Waals surface area contributed by atoms with Gasteiger partial charge >= 0.3 is 0 Å². The molecule has 1 aliphatic rings. The monoisotopic (exact) mass is 496 g/mol. The highest BCUT2D eigenvalue weighted by atomic mass is 35.5. The zero-order valence-corrected chi connectivity index (χ0v) is 18.7. The molecule has 32 heavy (non-hydrogen) atoms. The minimum atomic E-state index is -4.19. The van der Waals surface area contributed by atoms with Crippen molar-refractivity contribution in [3.63, 3.8) is 0 Å². The van der Waals surface area contributed by atoms with Crippen LogP contribution in [0.2, 0.25) is 10.4 Å². The third kappa shape index (κ3) is 3.80. The van der Waals surface area contributed by atoms with Gasteiger partial charge in [-0.05, 0) is 36.6 Å². The number of nitro groups is 1. The maximum atomic E-state index is 12.9. The fraction of sp³-hybridized carbons (Fsp3) is 0.222. The van der Waals surface area contributed by atoms with Crippen LogP contribution in [-0.2, 0) is 14.8 Å². The largest absolute Gasteiger partial charge is 0.311 e. The second kappa shape index (κ2) is 8.11. The smallest absolute Gasteiger partial charge is 0.269 e. The molecule has 0 bridgehead atoms. The van der Waals surface area contributed by atoms with E-state index in [0.29, 0.717) is 27.5 Å². The molecule has 0 fully saturated rings. The van der Waals surface area contributed by atoms with Gasteiger partial charge in [0, 0.05) is 30.8 Å². The van der Waals surface area contributed by atoms with Crippen molar-refractivity contribution in [2.75, 3.05) is 7.05 Å². The van der Waals surface area contributed by atoms with Crippen molar-refractivity contribution >= 4 is 56.0 Å². The molecule has 2 aromatic heterocycles. The maximum Gasteiger partial charge on any atom is 0.269 e. The number of hydrogen-bond acceptors (Lipinski definition) is 8. The molecule has 0 spiro atoms. The predicted octanol–water partition coefficient (Wildman–Crippen LogP) is 3.15. The van der Waals surface area contributed by atoms with E-state index in [9.17, 15) is 23.3 Å². The number of nitrogens with zero attached hydrogens (tertiary/aromatic N) is 6. The van der Waals surface area contributed by atoms with Crippen LogP contribution in [0.15, 0.2) is 47.1 Å². The van der Waals surface area contributed by atoms with Gasteiger partial charge in [0.15, 0.2) is 10.8 Å². The number of hydrogen-bond donors (Lipinski definition) is 0. The normalized spacial score (nSPS) is 16.2. The lowest BCUT2D eigenvalue weighted by molar-refractivity contribution is -0.384. The van der Waals surface area contributed by atoms with Crippen LogP contribution < -0.4 is 0 Å². The summed E-state index contributed by atoms with van der Waals surface area (Å²) < 4.78 is 28.0. The fourth-order valence-electron chi connectivity index (χ4n) is 3.42. The summed E-state index contributed by atoms with van der Waals surface area (Å²) in [6.07, 6.45) is 3.86. The molecule has 11 nitrogen and oxygen atoms in total. The van der Waals surface area contributed by atoms with Gasteiger partial charge in [0.25, 0.3) is 21.6 Å². The zero-order valence-electron chi connectivity index (χ0n) is 16.3. The van der Waals surface area contributed by atoms with Crippen LogP contribution in [0.1, 0.15) is 18.9 Å². The molecule has 2 heterocycles. The molecule has 1 aromatic carbocycles. The number of aromatic nitrogens is 4. The van der Waals surface area contributed by atoms with E-state index in [1.165, 1.54) is 6.33 Å². The topological polar surface area (TPSA) is 141 Å². The van der Waals surface area contributed by atoms with Crippen LogP contribution in [0.25, 0.3) is 11.2 Å². The SMILES string of the molecule is CN(C(=O)C1=CC[C@H](n2cnc3c(Cl)nc(Cl)nc32)C1)S(=O)(=O)c1ccc([N+](=O)[O-])cc1. The van der Waals surface area contributed by atoms with Gasteiger partial charge in [0.05, 0.1) is 16.1 Å². The summed E-state index contributed by atoms with van der Waals surface area (Å²) in [5, 5.41) is 10.8. The van der Waals surface area contributed by atoms with Crippen molar-refractivity contribution in [2.45, 2.75) is 23.8 Å². The number of imidazole rings is 1. The zero-order chi connectivity index (χ0) is 23.2. The van der Waals surface area contributed by atoms with E-state index in [1.807, 2.05) is 0 Å². The van der Waals surface area contributed by atoms with Crippen molar-refractivity contribution in [3.8, 4) is 0 Å². The molecule has 0 radical (unpaired) electrons. The average Bonchev–Trinajstić information content (AvgIpc) is 3.39. The number of allylic oxidation sites excluding steroid dienone is 1. The summed E-state index contributed by atoms with van der Waals surface area (Å²) in [6, 6.07) is 4.08. The first-order chi connectivity index (χ1) is 15.1. The van der Waals surface area contributed by atoms with Crippen LogP contribution >= 0.6 is 23.2 Å². The number of sulfonamides is 1.